The number of rotatable bonds is 7. The van der Waals surface area contributed by atoms with E-state index < -0.39 is 0 Å². The molecule has 0 aliphatic carbocycles. The lowest BCUT2D eigenvalue weighted by molar-refractivity contribution is -0.121. The molecule has 1 saturated heterocycles. The van der Waals surface area contributed by atoms with E-state index in [0.717, 1.165) is 30.8 Å². The summed E-state index contributed by atoms with van der Waals surface area (Å²) in [5.41, 5.74) is 0.964. The van der Waals surface area contributed by atoms with Crippen LogP contribution in [-0.4, -0.2) is 24.0 Å². The predicted octanol–water partition coefficient (Wildman–Crippen LogP) is 3.72. The van der Waals surface area contributed by atoms with Crippen LogP contribution in [0.25, 0.3) is 0 Å². The van der Waals surface area contributed by atoms with E-state index in [1.54, 1.807) is 6.20 Å². The predicted molar refractivity (Wildman–Crippen MR) is 107 cm³/mol. The van der Waals surface area contributed by atoms with Crippen molar-refractivity contribution in [2.45, 2.75) is 25.8 Å². The number of halogens is 2. The highest BCUT2D eigenvalue weighted by molar-refractivity contribution is 5.85. The third-order valence-electron chi connectivity index (χ3n) is 4.19. The number of amides is 1. The van der Waals surface area contributed by atoms with E-state index in [4.69, 9.17) is 4.74 Å². The molecule has 2 heterocycles. The molecule has 3 rings (SSSR count). The van der Waals surface area contributed by atoms with Crippen molar-refractivity contribution in [2.75, 3.05) is 13.1 Å². The fraction of sp³-hybridized carbons (Fsp3) is 0.368. The number of pyridine rings is 1. The third kappa shape index (κ3) is 7.20. The molecule has 1 aromatic heterocycles. The van der Waals surface area contributed by atoms with Crippen LogP contribution in [0.1, 0.15) is 24.8 Å². The molecular weight excluding hydrogens is 373 g/mol. The van der Waals surface area contributed by atoms with Crippen molar-refractivity contribution in [1.29, 1.82) is 0 Å². The lowest BCUT2D eigenvalue weighted by atomic mass is 10.0. The lowest BCUT2D eigenvalue weighted by Gasteiger charge is -2.09. The average molecular weight is 398 g/mol. The van der Waals surface area contributed by atoms with Crippen molar-refractivity contribution >= 4 is 30.7 Å². The van der Waals surface area contributed by atoms with Crippen molar-refractivity contribution in [2.24, 2.45) is 5.92 Å². The summed E-state index contributed by atoms with van der Waals surface area (Å²) in [6.45, 7) is 2.62. The summed E-state index contributed by atoms with van der Waals surface area (Å²) in [6, 6.07) is 13.3. The SMILES string of the molecule is Cl.Cl.O=C(CCC1CCNC1)NCc1ccc(Oc2ccccc2)nc1. The second-order valence-electron chi connectivity index (χ2n) is 6.09. The zero-order valence-electron chi connectivity index (χ0n) is 14.5. The zero-order valence-corrected chi connectivity index (χ0v) is 16.2. The molecule has 5 nitrogen and oxygen atoms in total. The minimum absolute atomic E-state index is 0. The number of hydrogen-bond acceptors (Lipinski definition) is 4. The van der Waals surface area contributed by atoms with Crippen LogP contribution in [-0.2, 0) is 11.3 Å². The van der Waals surface area contributed by atoms with Crippen molar-refractivity contribution in [3.05, 3.63) is 54.2 Å². The van der Waals surface area contributed by atoms with Crippen LogP contribution in [0.15, 0.2) is 48.7 Å². The highest BCUT2D eigenvalue weighted by Crippen LogP contribution is 2.18. The standard InChI is InChI=1S/C19H23N3O2.2ClH/c23-18(8-6-15-10-11-20-12-15)21-13-16-7-9-19(22-14-16)24-17-4-2-1-3-5-17;;/h1-5,7,9,14-15,20H,6,8,10-13H2,(H,21,23);2*1H. The van der Waals surface area contributed by atoms with Gasteiger partial charge in [0, 0.05) is 25.2 Å². The molecule has 1 fully saturated rings. The van der Waals surface area contributed by atoms with Crippen molar-refractivity contribution in [1.82, 2.24) is 15.6 Å². The smallest absolute Gasteiger partial charge is 0.220 e. The number of aromatic nitrogens is 1. The van der Waals surface area contributed by atoms with Gasteiger partial charge in [-0.2, -0.15) is 0 Å². The molecule has 2 aromatic rings. The van der Waals surface area contributed by atoms with Gasteiger partial charge in [-0.25, -0.2) is 4.98 Å². The number of carbonyl (C=O) groups is 1. The van der Waals surface area contributed by atoms with Crippen LogP contribution in [0.2, 0.25) is 0 Å². The number of nitrogens with zero attached hydrogens (tertiary/aromatic N) is 1. The summed E-state index contributed by atoms with van der Waals surface area (Å²) in [4.78, 5) is 16.2. The van der Waals surface area contributed by atoms with Crippen LogP contribution >= 0.6 is 24.8 Å². The summed E-state index contributed by atoms with van der Waals surface area (Å²) in [5.74, 6) is 2.05. The third-order valence-corrected chi connectivity index (χ3v) is 4.19. The van der Waals surface area contributed by atoms with Crippen LogP contribution in [0, 0.1) is 5.92 Å². The van der Waals surface area contributed by atoms with Crippen LogP contribution in [0.5, 0.6) is 11.6 Å². The second-order valence-corrected chi connectivity index (χ2v) is 6.09. The van der Waals surface area contributed by atoms with Crippen LogP contribution < -0.4 is 15.4 Å². The van der Waals surface area contributed by atoms with Crippen molar-refractivity contribution < 1.29 is 9.53 Å². The maximum Gasteiger partial charge on any atom is 0.220 e. The van der Waals surface area contributed by atoms with Crippen molar-refractivity contribution in [3.63, 3.8) is 0 Å². The number of benzene rings is 1. The van der Waals surface area contributed by atoms with Gasteiger partial charge in [-0.3, -0.25) is 4.79 Å². The van der Waals surface area contributed by atoms with Gasteiger partial charge in [0.1, 0.15) is 5.75 Å². The summed E-state index contributed by atoms with van der Waals surface area (Å²) >= 11 is 0. The first-order valence-corrected chi connectivity index (χ1v) is 8.45. The Labute approximate surface area is 166 Å². The number of nitrogens with one attached hydrogen (secondary N) is 2. The molecule has 0 spiro atoms. The minimum Gasteiger partial charge on any atom is -0.439 e. The fourth-order valence-corrected chi connectivity index (χ4v) is 2.77. The van der Waals surface area contributed by atoms with Crippen LogP contribution in [0.3, 0.4) is 0 Å². The first-order chi connectivity index (χ1) is 11.8. The van der Waals surface area contributed by atoms with Gasteiger partial charge in [0.2, 0.25) is 11.8 Å². The Bertz CT molecular complexity index is 648. The maximum atomic E-state index is 11.9. The molecule has 26 heavy (non-hydrogen) atoms. The summed E-state index contributed by atoms with van der Waals surface area (Å²) in [7, 11) is 0. The molecule has 1 unspecified atom stereocenters. The zero-order chi connectivity index (χ0) is 16.6. The normalized spacial score (nSPS) is 15.5. The Hall–Kier alpha value is -1.82. The molecule has 7 heteroatoms. The van der Waals surface area contributed by atoms with Gasteiger partial charge in [-0.1, -0.05) is 24.3 Å². The van der Waals surface area contributed by atoms with E-state index >= 15 is 0 Å². The van der Waals surface area contributed by atoms with Gasteiger partial charge in [0.15, 0.2) is 0 Å². The molecule has 1 aromatic carbocycles. The molecule has 1 aliphatic heterocycles. The largest absolute Gasteiger partial charge is 0.439 e. The fourth-order valence-electron chi connectivity index (χ4n) is 2.77. The molecule has 1 aliphatic rings. The average Bonchev–Trinajstić information content (AvgIpc) is 3.14. The Morgan fingerprint density at radius 3 is 2.65 bits per heavy atom. The van der Waals surface area contributed by atoms with E-state index in [1.807, 2.05) is 42.5 Å². The molecule has 0 radical (unpaired) electrons. The lowest BCUT2D eigenvalue weighted by Crippen LogP contribution is -2.23. The number of ether oxygens (including phenoxy) is 1. The second kappa shape index (κ2) is 11.7. The topological polar surface area (TPSA) is 63.2 Å². The van der Waals surface area contributed by atoms with E-state index in [-0.39, 0.29) is 30.7 Å². The maximum absolute atomic E-state index is 11.9. The van der Waals surface area contributed by atoms with Gasteiger partial charge < -0.3 is 15.4 Å². The van der Waals surface area contributed by atoms with Gasteiger partial charge in [-0.15, -0.1) is 24.8 Å². The molecular formula is C19H25Cl2N3O2. The number of hydrogen-bond donors (Lipinski definition) is 2. The quantitative estimate of drug-likeness (QED) is 0.746. The Balaban J connectivity index is 0.00000169. The first kappa shape index (κ1) is 22.2. The monoisotopic (exact) mass is 397 g/mol. The molecule has 2 N–H and O–H groups in total. The molecule has 1 amide bonds. The minimum atomic E-state index is 0. The molecule has 1 atom stereocenters. The Morgan fingerprint density at radius 1 is 1.19 bits per heavy atom. The summed E-state index contributed by atoms with van der Waals surface area (Å²) in [6.07, 6.45) is 4.47. The Morgan fingerprint density at radius 2 is 2.00 bits per heavy atom. The van der Waals surface area contributed by atoms with Crippen LogP contribution in [0.4, 0.5) is 0 Å². The van der Waals surface area contributed by atoms with Crippen molar-refractivity contribution in [3.8, 4) is 11.6 Å². The highest BCUT2D eigenvalue weighted by Gasteiger charge is 2.15. The first-order valence-electron chi connectivity index (χ1n) is 8.45. The summed E-state index contributed by atoms with van der Waals surface area (Å²) < 4.78 is 5.65. The molecule has 142 valence electrons. The highest BCUT2D eigenvalue weighted by atomic mass is 35.5. The van der Waals surface area contributed by atoms with E-state index in [0.29, 0.717) is 24.8 Å². The van der Waals surface area contributed by atoms with Gasteiger partial charge in [0.25, 0.3) is 0 Å². The molecule has 0 saturated carbocycles. The van der Waals surface area contributed by atoms with Gasteiger partial charge in [-0.05, 0) is 49.5 Å². The molecule has 0 bridgehead atoms. The van der Waals surface area contributed by atoms with Gasteiger partial charge >= 0.3 is 0 Å². The van der Waals surface area contributed by atoms with E-state index in [9.17, 15) is 4.79 Å². The van der Waals surface area contributed by atoms with Gasteiger partial charge in [0.05, 0.1) is 0 Å². The van der Waals surface area contributed by atoms with E-state index in [1.165, 1.54) is 6.42 Å². The van der Waals surface area contributed by atoms with E-state index in [2.05, 4.69) is 15.6 Å². The Kier molecular flexibility index (Phi) is 10.0. The number of carbonyl (C=O) groups excluding carboxylic acids is 1. The summed E-state index contributed by atoms with van der Waals surface area (Å²) in [5, 5.41) is 6.28. The number of para-hydroxylation sites is 1.